The summed E-state index contributed by atoms with van der Waals surface area (Å²) in [6.45, 7) is 2.48. The summed E-state index contributed by atoms with van der Waals surface area (Å²) < 4.78 is 14.0. The fraction of sp³-hybridized carbons (Fsp3) is 0.462. The summed E-state index contributed by atoms with van der Waals surface area (Å²) >= 11 is 3.29. The smallest absolute Gasteiger partial charge is 0.124 e. The monoisotopic (exact) mass is 299 g/mol. The molecule has 1 saturated heterocycles. The van der Waals surface area contributed by atoms with Crippen molar-refractivity contribution in [2.75, 3.05) is 13.1 Å². The van der Waals surface area contributed by atoms with E-state index in [4.69, 9.17) is 0 Å². The Kier molecular flexibility index (Phi) is 4.29. The number of halogens is 2. The molecular weight excluding hydrogens is 285 g/mol. The fourth-order valence-electron chi connectivity index (χ4n) is 2.31. The van der Waals surface area contributed by atoms with Crippen molar-refractivity contribution in [2.45, 2.75) is 19.4 Å². The highest BCUT2D eigenvalue weighted by molar-refractivity contribution is 9.10. The van der Waals surface area contributed by atoms with Gasteiger partial charge in [0.15, 0.2) is 0 Å². The van der Waals surface area contributed by atoms with Crippen LogP contribution in [0.5, 0.6) is 0 Å². The first kappa shape index (κ1) is 12.7. The summed E-state index contributed by atoms with van der Waals surface area (Å²) in [5.74, 6) is -0.0842. The minimum Gasteiger partial charge on any atom is -0.303 e. The lowest BCUT2D eigenvalue weighted by molar-refractivity contribution is -0.112. The van der Waals surface area contributed by atoms with Crippen LogP contribution in [0.15, 0.2) is 22.7 Å². The van der Waals surface area contributed by atoms with Crippen LogP contribution in [0, 0.1) is 11.7 Å². The van der Waals surface area contributed by atoms with Gasteiger partial charge in [-0.15, -0.1) is 0 Å². The van der Waals surface area contributed by atoms with E-state index >= 15 is 0 Å². The van der Waals surface area contributed by atoms with Crippen LogP contribution in [0.4, 0.5) is 4.39 Å². The number of benzene rings is 1. The minimum atomic E-state index is -0.224. The van der Waals surface area contributed by atoms with E-state index < -0.39 is 0 Å². The maximum atomic E-state index is 13.2. The molecule has 1 heterocycles. The van der Waals surface area contributed by atoms with Gasteiger partial charge in [0.25, 0.3) is 0 Å². The van der Waals surface area contributed by atoms with Gasteiger partial charge >= 0.3 is 0 Å². The Hall–Kier alpha value is -0.740. The molecule has 1 aromatic carbocycles. The van der Waals surface area contributed by atoms with Crippen molar-refractivity contribution in [1.29, 1.82) is 0 Å². The molecule has 17 heavy (non-hydrogen) atoms. The molecule has 0 amide bonds. The molecule has 1 unspecified atom stereocenters. The molecule has 0 bridgehead atoms. The lowest BCUT2D eigenvalue weighted by atomic mass is 9.99. The van der Waals surface area contributed by atoms with Crippen LogP contribution in [0.1, 0.15) is 18.4 Å². The highest BCUT2D eigenvalue weighted by atomic mass is 79.9. The van der Waals surface area contributed by atoms with E-state index in [1.165, 1.54) is 6.07 Å². The molecule has 1 aliphatic heterocycles. The number of hydrogen-bond acceptors (Lipinski definition) is 2. The van der Waals surface area contributed by atoms with Crippen LogP contribution in [0.3, 0.4) is 0 Å². The van der Waals surface area contributed by atoms with Gasteiger partial charge in [0.1, 0.15) is 12.1 Å². The molecule has 0 spiro atoms. The SMILES string of the molecule is O=CC1CCCN(Cc2cc(F)cc(Br)c2)C1. The zero-order chi connectivity index (χ0) is 12.3. The van der Waals surface area contributed by atoms with Gasteiger partial charge in [-0.25, -0.2) is 4.39 Å². The third-order valence-corrected chi connectivity index (χ3v) is 3.52. The second-order valence-corrected chi connectivity index (χ2v) is 5.47. The Balaban J connectivity index is 2.02. The zero-order valence-electron chi connectivity index (χ0n) is 9.53. The van der Waals surface area contributed by atoms with Crippen molar-refractivity contribution in [3.8, 4) is 0 Å². The normalized spacial score (nSPS) is 21.4. The Morgan fingerprint density at radius 3 is 3.00 bits per heavy atom. The molecule has 92 valence electrons. The average molecular weight is 300 g/mol. The summed E-state index contributed by atoms with van der Waals surface area (Å²) in [4.78, 5) is 13.0. The Morgan fingerprint density at radius 2 is 2.29 bits per heavy atom. The largest absolute Gasteiger partial charge is 0.303 e. The third-order valence-electron chi connectivity index (χ3n) is 3.06. The summed E-state index contributed by atoms with van der Waals surface area (Å²) in [5, 5.41) is 0. The number of nitrogens with zero attached hydrogens (tertiary/aromatic N) is 1. The second-order valence-electron chi connectivity index (χ2n) is 4.55. The quantitative estimate of drug-likeness (QED) is 0.800. The topological polar surface area (TPSA) is 20.3 Å². The highest BCUT2D eigenvalue weighted by Gasteiger charge is 2.19. The van der Waals surface area contributed by atoms with Gasteiger partial charge in [-0.2, -0.15) is 0 Å². The number of aldehydes is 1. The first-order valence-corrected chi connectivity index (χ1v) is 6.59. The molecule has 1 atom stereocenters. The predicted octanol–water partition coefficient (Wildman–Crippen LogP) is 3.00. The van der Waals surface area contributed by atoms with Crippen LogP contribution in [-0.4, -0.2) is 24.3 Å². The van der Waals surface area contributed by atoms with Gasteiger partial charge < -0.3 is 4.79 Å². The van der Waals surface area contributed by atoms with E-state index in [1.54, 1.807) is 6.07 Å². The Labute approximate surface area is 109 Å². The van der Waals surface area contributed by atoms with Gasteiger partial charge in [-0.3, -0.25) is 4.90 Å². The van der Waals surface area contributed by atoms with Crippen molar-refractivity contribution in [1.82, 2.24) is 4.90 Å². The van der Waals surface area contributed by atoms with E-state index in [1.807, 2.05) is 6.07 Å². The summed E-state index contributed by atoms with van der Waals surface area (Å²) in [7, 11) is 0. The molecule has 0 radical (unpaired) electrons. The van der Waals surface area contributed by atoms with Gasteiger partial charge in [0.05, 0.1) is 0 Å². The lowest BCUT2D eigenvalue weighted by Gasteiger charge is -2.30. The molecular formula is C13H15BrFNO. The van der Waals surface area contributed by atoms with Crippen molar-refractivity contribution in [3.63, 3.8) is 0 Å². The van der Waals surface area contributed by atoms with E-state index in [9.17, 15) is 9.18 Å². The van der Waals surface area contributed by atoms with Gasteiger partial charge in [0.2, 0.25) is 0 Å². The maximum Gasteiger partial charge on any atom is 0.124 e. The van der Waals surface area contributed by atoms with Gasteiger partial charge in [0, 0.05) is 23.5 Å². The van der Waals surface area contributed by atoms with Crippen molar-refractivity contribution < 1.29 is 9.18 Å². The second kappa shape index (κ2) is 5.74. The lowest BCUT2D eigenvalue weighted by Crippen LogP contribution is -2.35. The molecule has 1 aliphatic rings. The Morgan fingerprint density at radius 1 is 1.47 bits per heavy atom. The van der Waals surface area contributed by atoms with Crippen LogP contribution >= 0.6 is 15.9 Å². The van der Waals surface area contributed by atoms with Crippen LogP contribution in [0.2, 0.25) is 0 Å². The van der Waals surface area contributed by atoms with E-state index in [0.29, 0.717) is 6.54 Å². The van der Waals surface area contributed by atoms with Gasteiger partial charge in [-0.05, 0) is 43.1 Å². The van der Waals surface area contributed by atoms with Crippen LogP contribution < -0.4 is 0 Å². The highest BCUT2D eigenvalue weighted by Crippen LogP contribution is 2.20. The molecule has 2 rings (SSSR count). The average Bonchev–Trinajstić information content (AvgIpc) is 2.28. The van der Waals surface area contributed by atoms with Crippen LogP contribution in [0.25, 0.3) is 0 Å². The van der Waals surface area contributed by atoms with Gasteiger partial charge in [-0.1, -0.05) is 15.9 Å². The molecule has 2 nitrogen and oxygen atoms in total. The number of carbonyl (C=O) groups is 1. The molecule has 0 saturated carbocycles. The number of rotatable bonds is 3. The maximum absolute atomic E-state index is 13.2. The molecule has 1 fully saturated rings. The van der Waals surface area contributed by atoms with Crippen molar-refractivity contribution in [3.05, 3.63) is 34.1 Å². The molecule has 0 N–H and O–H groups in total. The predicted molar refractivity (Wildman–Crippen MR) is 68.2 cm³/mol. The number of piperidine rings is 1. The third kappa shape index (κ3) is 3.61. The van der Waals surface area contributed by atoms with E-state index in [-0.39, 0.29) is 11.7 Å². The number of carbonyl (C=O) groups excluding carboxylic acids is 1. The molecule has 0 aromatic heterocycles. The fourth-order valence-corrected chi connectivity index (χ4v) is 2.82. The van der Waals surface area contributed by atoms with Crippen LogP contribution in [-0.2, 0) is 11.3 Å². The minimum absolute atomic E-state index is 0.140. The molecule has 4 heteroatoms. The summed E-state index contributed by atoms with van der Waals surface area (Å²) in [6, 6.07) is 4.93. The standard InChI is InChI=1S/C13H15BrFNO/c14-12-4-11(5-13(15)6-12)8-16-3-1-2-10(7-16)9-17/h4-6,9-10H,1-3,7-8H2. The Bertz CT molecular complexity index is 390. The van der Waals surface area contributed by atoms with E-state index in [2.05, 4.69) is 20.8 Å². The van der Waals surface area contributed by atoms with E-state index in [0.717, 1.165) is 42.3 Å². The molecule has 0 aliphatic carbocycles. The first-order chi connectivity index (χ1) is 8.17. The first-order valence-electron chi connectivity index (χ1n) is 5.80. The number of likely N-dealkylation sites (tertiary alicyclic amines) is 1. The molecule has 1 aromatic rings. The van der Waals surface area contributed by atoms with Crippen molar-refractivity contribution in [2.24, 2.45) is 5.92 Å². The zero-order valence-corrected chi connectivity index (χ0v) is 11.1. The van der Waals surface area contributed by atoms with Crippen molar-refractivity contribution >= 4 is 22.2 Å². The summed E-state index contributed by atoms with van der Waals surface area (Å²) in [6.07, 6.45) is 3.06. The number of hydrogen-bond donors (Lipinski definition) is 0. The summed E-state index contributed by atoms with van der Waals surface area (Å²) in [5.41, 5.74) is 0.948.